The molecule has 2 heterocycles. The number of halogens is 1. The van der Waals surface area contributed by atoms with Crippen LogP contribution in [0.4, 0.5) is 0 Å². The first-order valence-corrected chi connectivity index (χ1v) is 8.21. The van der Waals surface area contributed by atoms with E-state index in [1.807, 2.05) is 22.7 Å². The van der Waals surface area contributed by atoms with Gasteiger partial charge in [0.15, 0.2) is 0 Å². The van der Waals surface area contributed by atoms with E-state index >= 15 is 0 Å². The van der Waals surface area contributed by atoms with Gasteiger partial charge in [-0.25, -0.2) is 0 Å². The van der Waals surface area contributed by atoms with E-state index in [0.29, 0.717) is 4.83 Å². The van der Waals surface area contributed by atoms with Crippen molar-refractivity contribution in [1.29, 1.82) is 0 Å². The first-order chi connectivity index (χ1) is 7.84. The van der Waals surface area contributed by atoms with Gasteiger partial charge in [-0.15, -0.1) is 22.7 Å². The summed E-state index contributed by atoms with van der Waals surface area (Å²) >= 11 is 7.49. The molecule has 0 bridgehead atoms. The van der Waals surface area contributed by atoms with Crippen molar-refractivity contribution >= 4 is 38.6 Å². The third-order valence-electron chi connectivity index (χ3n) is 2.52. The monoisotopic (exact) mass is 314 g/mol. The van der Waals surface area contributed by atoms with E-state index in [-0.39, 0.29) is 0 Å². The average Bonchev–Trinajstić information content (AvgIpc) is 2.90. The molecule has 86 valence electrons. The van der Waals surface area contributed by atoms with E-state index in [1.165, 1.54) is 35.4 Å². The Labute approximate surface area is 113 Å². The Morgan fingerprint density at radius 3 is 2.38 bits per heavy atom. The molecule has 0 spiro atoms. The summed E-state index contributed by atoms with van der Waals surface area (Å²) in [7, 11) is 0. The van der Waals surface area contributed by atoms with E-state index in [2.05, 4.69) is 51.0 Å². The summed E-state index contributed by atoms with van der Waals surface area (Å²) < 4.78 is 0. The maximum absolute atomic E-state index is 3.77. The molecule has 0 aliphatic carbocycles. The fraction of sp³-hybridized carbons (Fsp3) is 0.385. The zero-order valence-corrected chi connectivity index (χ0v) is 12.3. The van der Waals surface area contributed by atoms with Gasteiger partial charge in [0.1, 0.15) is 0 Å². The van der Waals surface area contributed by atoms with Crippen molar-refractivity contribution in [3.63, 3.8) is 0 Å². The van der Waals surface area contributed by atoms with Gasteiger partial charge in [-0.3, -0.25) is 0 Å². The summed E-state index contributed by atoms with van der Waals surface area (Å²) in [4.78, 5) is 3.62. The van der Waals surface area contributed by atoms with E-state index in [9.17, 15) is 0 Å². The van der Waals surface area contributed by atoms with Gasteiger partial charge in [0.05, 0.1) is 0 Å². The third kappa shape index (κ3) is 4.04. The summed E-state index contributed by atoms with van der Waals surface area (Å²) in [6.07, 6.45) is 4.93. The van der Waals surface area contributed by atoms with Crippen molar-refractivity contribution in [2.75, 3.05) is 0 Å². The zero-order valence-electron chi connectivity index (χ0n) is 9.06. The number of thiophene rings is 2. The van der Waals surface area contributed by atoms with Crippen LogP contribution in [0.3, 0.4) is 0 Å². The van der Waals surface area contributed by atoms with E-state index in [1.54, 1.807) is 0 Å². The molecule has 0 amide bonds. The van der Waals surface area contributed by atoms with E-state index in [0.717, 1.165) is 0 Å². The zero-order chi connectivity index (χ0) is 11.2. The van der Waals surface area contributed by atoms with Gasteiger partial charge in [0.25, 0.3) is 0 Å². The summed E-state index contributed by atoms with van der Waals surface area (Å²) in [6, 6.07) is 8.72. The van der Waals surface area contributed by atoms with Crippen molar-refractivity contribution in [2.24, 2.45) is 0 Å². The minimum Gasteiger partial charge on any atom is -0.149 e. The Bertz CT molecular complexity index is 378. The molecule has 0 aliphatic rings. The lowest BCUT2D eigenvalue weighted by atomic mass is 10.1. The number of hydrogen-bond acceptors (Lipinski definition) is 2. The van der Waals surface area contributed by atoms with Crippen molar-refractivity contribution in [1.82, 2.24) is 0 Å². The van der Waals surface area contributed by atoms with Crippen LogP contribution in [0.1, 0.15) is 22.6 Å². The minimum absolute atomic E-state index is 0.631. The smallest absolute Gasteiger partial charge is 0.0194 e. The highest BCUT2D eigenvalue weighted by atomic mass is 79.9. The second-order valence-corrected chi connectivity index (χ2v) is 7.21. The molecule has 1 unspecified atom stereocenters. The second-order valence-electron chi connectivity index (χ2n) is 3.85. The highest BCUT2D eigenvalue weighted by Gasteiger charge is 2.06. The van der Waals surface area contributed by atoms with Gasteiger partial charge in [0, 0.05) is 14.6 Å². The van der Waals surface area contributed by atoms with Crippen LogP contribution in [0.5, 0.6) is 0 Å². The molecular formula is C13H15BrS2. The highest BCUT2D eigenvalue weighted by Crippen LogP contribution is 2.20. The molecule has 0 nitrogen and oxygen atoms in total. The highest BCUT2D eigenvalue weighted by molar-refractivity contribution is 9.09. The number of rotatable bonds is 6. The Hall–Kier alpha value is -0.120. The molecule has 16 heavy (non-hydrogen) atoms. The summed E-state index contributed by atoms with van der Waals surface area (Å²) in [5.74, 6) is 0. The molecule has 0 fully saturated rings. The lowest BCUT2D eigenvalue weighted by Crippen LogP contribution is -2.01. The lowest BCUT2D eigenvalue weighted by Gasteiger charge is -2.07. The maximum atomic E-state index is 3.77. The average molecular weight is 315 g/mol. The van der Waals surface area contributed by atoms with Gasteiger partial charge in [-0.2, -0.15) is 0 Å². The van der Waals surface area contributed by atoms with Crippen molar-refractivity contribution in [3.05, 3.63) is 44.8 Å². The molecule has 1 atom stereocenters. The fourth-order valence-electron chi connectivity index (χ4n) is 1.70. The van der Waals surface area contributed by atoms with Gasteiger partial charge >= 0.3 is 0 Å². The van der Waals surface area contributed by atoms with Gasteiger partial charge in [-0.05, 0) is 48.6 Å². The Balaban J connectivity index is 1.66. The summed E-state index contributed by atoms with van der Waals surface area (Å²) in [5, 5.41) is 4.31. The molecule has 2 aromatic heterocycles. The summed E-state index contributed by atoms with van der Waals surface area (Å²) in [5.41, 5.74) is 0. The standard InChI is InChI=1S/C13H15BrS2/c14-11(10-13-7-3-9-16-13)4-1-5-12-6-2-8-15-12/h2-3,6-9,11H,1,4-5,10H2. The van der Waals surface area contributed by atoms with E-state index in [4.69, 9.17) is 0 Å². The molecule has 0 saturated carbocycles. The van der Waals surface area contributed by atoms with Crippen LogP contribution >= 0.6 is 38.6 Å². The van der Waals surface area contributed by atoms with Crippen LogP contribution in [0.2, 0.25) is 0 Å². The second kappa shape index (κ2) is 6.58. The number of hydrogen-bond donors (Lipinski definition) is 0. The van der Waals surface area contributed by atoms with Gasteiger partial charge < -0.3 is 0 Å². The molecule has 0 aromatic carbocycles. The van der Waals surface area contributed by atoms with Gasteiger partial charge in [0.2, 0.25) is 0 Å². The number of aryl methyl sites for hydroxylation is 1. The van der Waals surface area contributed by atoms with Crippen LogP contribution < -0.4 is 0 Å². The molecule has 0 aliphatic heterocycles. The Morgan fingerprint density at radius 2 is 1.75 bits per heavy atom. The quantitative estimate of drug-likeness (QED) is 0.648. The number of alkyl halides is 1. The molecule has 2 aromatic rings. The van der Waals surface area contributed by atoms with Crippen molar-refractivity contribution in [2.45, 2.75) is 30.5 Å². The molecule has 0 radical (unpaired) electrons. The van der Waals surface area contributed by atoms with Crippen molar-refractivity contribution < 1.29 is 0 Å². The van der Waals surface area contributed by atoms with Crippen LogP contribution in [-0.2, 0) is 12.8 Å². The third-order valence-corrected chi connectivity index (χ3v) is 5.14. The molecular weight excluding hydrogens is 300 g/mol. The van der Waals surface area contributed by atoms with Gasteiger partial charge in [-0.1, -0.05) is 28.1 Å². The Kier molecular flexibility index (Phi) is 5.07. The van der Waals surface area contributed by atoms with Crippen LogP contribution in [0, 0.1) is 0 Å². The predicted molar refractivity (Wildman–Crippen MR) is 78.0 cm³/mol. The molecule has 2 rings (SSSR count). The first kappa shape index (κ1) is 12.3. The minimum atomic E-state index is 0.631. The fourth-order valence-corrected chi connectivity index (χ4v) is 4.13. The Morgan fingerprint density at radius 1 is 1.06 bits per heavy atom. The lowest BCUT2D eigenvalue weighted by molar-refractivity contribution is 0.708. The molecule has 0 saturated heterocycles. The predicted octanol–water partition coefficient (Wildman–Crippen LogP) is 5.14. The molecule has 3 heteroatoms. The SMILES string of the molecule is BrC(CCCc1cccs1)Cc1cccs1. The molecule has 0 N–H and O–H groups in total. The normalized spacial score (nSPS) is 12.8. The topological polar surface area (TPSA) is 0 Å². The largest absolute Gasteiger partial charge is 0.149 e. The van der Waals surface area contributed by atoms with Crippen LogP contribution in [0.15, 0.2) is 35.0 Å². The maximum Gasteiger partial charge on any atom is 0.0194 e. The van der Waals surface area contributed by atoms with E-state index < -0.39 is 0 Å². The summed E-state index contributed by atoms with van der Waals surface area (Å²) in [6.45, 7) is 0. The van der Waals surface area contributed by atoms with Crippen LogP contribution in [0.25, 0.3) is 0 Å². The first-order valence-electron chi connectivity index (χ1n) is 5.53. The van der Waals surface area contributed by atoms with Crippen molar-refractivity contribution in [3.8, 4) is 0 Å². The van der Waals surface area contributed by atoms with Crippen LogP contribution in [-0.4, -0.2) is 4.83 Å².